The molecule has 0 bridgehead atoms. The fourth-order valence-electron chi connectivity index (χ4n) is 2.32. The SMILES string of the molecule is CC1(NC(=O)N2CCOC(CC(=O)O)C2)CCOC1. The van der Waals surface area contributed by atoms with Crippen molar-refractivity contribution in [2.75, 3.05) is 32.9 Å². The van der Waals surface area contributed by atoms with E-state index in [1.54, 1.807) is 4.90 Å². The molecule has 19 heavy (non-hydrogen) atoms. The lowest BCUT2D eigenvalue weighted by Gasteiger charge is -2.35. The second kappa shape index (κ2) is 5.75. The fraction of sp³-hybridized carbons (Fsp3) is 0.833. The highest BCUT2D eigenvalue weighted by Crippen LogP contribution is 2.18. The van der Waals surface area contributed by atoms with Gasteiger partial charge in [-0.1, -0.05) is 0 Å². The number of carbonyl (C=O) groups excluding carboxylic acids is 1. The van der Waals surface area contributed by atoms with Crippen molar-refractivity contribution in [1.29, 1.82) is 0 Å². The van der Waals surface area contributed by atoms with Crippen molar-refractivity contribution in [2.24, 2.45) is 0 Å². The number of urea groups is 1. The number of carbonyl (C=O) groups is 2. The van der Waals surface area contributed by atoms with E-state index in [1.807, 2.05) is 6.92 Å². The lowest BCUT2D eigenvalue weighted by atomic mass is 10.0. The van der Waals surface area contributed by atoms with Gasteiger partial charge < -0.3 is 24.8 Å². The highest BCUT2D eigenvalue weighted by Gasteiger charge is 2.34. The standard InChI is InChI=1S/C12H20N2O5/c1-12(2-4-18-8-12)13-11(17)14-3-5-19-9(7-14)6-10(15)16/h9H,2-8H2,1H3,(H,13,17)(H,15,16). The molecule has 2 N–H and O–H groups in total. The molecule has 2 atom stereocenters. The van der Waals surface area contributed by atoms with Crippen LogP contribution in [0.4, 0.5) is 4.79 Å². The van der Waals surface area contributed by atoms with Gasteiger partial charge >= 0.3 is 12.0 Å². The van der Waals surface area contributed by atoms with Gasteiger partial charge in [-0.15, -0.1) is 0 Å². The van der Waals surface area contributed by atoms with Crippen LogP contribution in [0.25, 0.3) is 0 Å². The number of nitrogens with one attached hydrogen (secondary N) is 1. The first kappa shape index (κ1) is 14.1. The van der Waals surface area contributed by atoms with Crippen LogP contribution in [0, 0.1) is 0 Å². The summed E-state index contributed by atoms with van der Waals surface area (Å²) >= 11 is 0. The predicted molar refractivity (Wildman–Crippen MR) is 65.9 cm³/mol. The molecule has 2 rings (SSSR count). The Morgan fingerprint density at radius 3 is 2.89 bits per heavy atom. The number of hydrogen-bond donors (Lipinski definition) is 2. The molecule has 0 spiro atoms. The van der Waals surface area contributed by atoms with Crippen molar-refractivity contribution in [3.05, 3.63) is 0 Å². The molecule has 7 nitrogen and oxygen atoms in total. The van der Waals surface area contributed by atoms with Crippen LogP contribution in [0.15, 0.2) is 0 Å². The molecular weight excluding hydrogens is 252 g/mol. The molecule has 2 heterocycles. The van der Waals surface area contributed by atoms with E-state index in [1.165, 1.54) is 0 Å². The smallest absolute Gasteiger partial charge is 0.318 e. The van der Waals surface area contributed by atoms with Crippen molar-refractivity contribution < 1.29 is 24.2 Å². The van der Waals surface area contributed by atoms with Crippen molar-refractivity contribution in [1.82, 2.24) is 10.2 Å². The van der Waals surface area contributed by atoms with Crippen molar-refractivity contribution in [3.8, 4) is 0 Å². The van der Waals surface area contributed by atoms with Crippen molar-refractivity contribution >= 4 is 12.0 Å². The minimum Gasteiger partial charge on any atom is -0.481 e. The van der Waals surface area contributed by atoms with Gasteiger partial charge in [0, 0.05) is 19.7 Å². The molecule has 2 saturated heterocycles. The number of nitrogens with zero attached hydrogens (tertiary/aromatic N) is 1. The second-order valence-corrected chi connectivity index (χ2v) is 5.33. The summed E-state index contributed by atoms with van der Waals surface area (Å²) in [6.45, 7) is 4.29. The number of aliphatic carboxylic acids is 1. The van der Waals surface area contributed by atoms with Crippen molar-refractivity contribution in [3.63, 3.8) is 0 Å². The minimum absolute atomic E-state index is 0.0792. The normalized spacial score (nSPS) is 31.2. The summed E-state index contributed by atoms with van der Waals surface area (Å²) in [4.78, 5) is 24.4. The Morgan fingerprint density at radius 1 is 1.47 bits per heavy atom. The molecule has 0 aromatic carbocycles. The molecule has 2 amide bonds. The van der Waals surface area contributed by atoms with Gasteiger partial charge in [0.15, 0.2) is 0 Å². The third kappa shape index (κ3) is 3.81. The zero-order valence-corrected chi connectivity index (χ0v) is 11.1. The Balaban J connectivity index is 1.86. The molecule has 0 saturated carbocycles. The number of carboxylic acid groups (broad SMARTS) is 1. The van der Waals surface area contributed by atoms with Gasteiger partial charge in [-0.2, -0.15) is 0 Å². The number of ether oxygens (including phenoxy) is 2. The summed E-state index contributed by atoms with van der Waals surface area (Å²) in [6.07, 6.45) is 0.288. The summed E-state index contributed by atoms with van der Waals surface area (Å²) < 4.78 is 10.6. The number of rotatable bonds is 3. The summed E-state index contributed by atoms with van der Waals surface area (Å²) in [5.41, 5.74) is -0.322. The maximum atomic E-state index is 12.1. The van der Waals surface area contributed by atoms with E-state index in [-0.39, 0.29) is 18.0 Å². The number of morpholine rings is 1. The molecule has 7 heteroatoms. The number of hydrogen-bond acceptors (Lipinski definition) is 4. The summed E-state index contributed by atoms with van der Waals surface area (Å²) in [5, 5.41) is 11.7. The van der Waals surface area contributed by atoms with Crippen LogP contribution in [0.2, 0.25) is 0 Å². The molecule has 108 valence electrons. The quantitative estimate of drug-likeness (QED) is 0.758. The number of carboxylic acids is 1. The zero-order valence-electron chi connectivity index (χ0n) is 11.1. The lowest BCUT2D eigenvalue weighted by Crippen LogP contribution is -2.56. The Labute approximate surface area is 111 Å². The van der Waals surface area contributed by atoms with Gasteiger partial charge in [0.25, 0.3) is 0 Å². The minimum atomic E-state index is -0.914. The third-order valence-corrected chi connectivity index (χ3v) is 3.46. The summed E-state index contributed by atoms with van der Waals surface area (Å²) in [6, 6.07) is -0.174. The van der Waals surface area contributed by atoms with Crippen LogP contribution in [0.1, 0.15) is 19.8 Å². The molecule has 0 radical (unpaired) electrons. The third-order valence-electron chi connectivity index (χ3n) is 3.46. The maximum absolute atomic E-state index is 12.1. The fourth-order valence-corrected chi connectivity index (χ4v) is 2.32. The van der Waals surface area contributed by atoms with E-state index in [0.29, 0.717) is 32.9 Å². The van der Waals surface area contributed by atoms with E-state index in [4.69, 9.17) is 14.6 Å². The largest absolute Gasteiger partial charge is 0.481 e. The number of amides is 2. The van der Waals surface area contributed by atoms with E-state index < -0.39 is 12.1 Å². The Hall–Kier alpha value is -1.34. The van der Waals surface area contributed by atoms with Crippen LogP contribution in [-0.4, -0.2) is 66.6 Å². The predicted octanol–water partition coefficient (Wildman–Crippen LogP) is 0.0505. The molecule has 2 unspecified atom stereocenters. The summed E-state index contributed by atoms with van der Waals surface area (Å²) in [5.74, 6) is -0.914. The zero-order chi connectivity index (χ0) is 13.9. The van der Waals surface area contributed by atoms with Crippen LogP contribution >= 0.6 is 0 Å². The highest BCUT2D eigenvalue weighted by molar-refractivity contribution is 5.75. The maximum Gasteiger partial charge on any atom is 0.318 e. The van der Waals surface area contributed by atoms with Crippen LogP contribution in [-0.2, 0) is 14.3 Å². The van der Waals surface area contributed by atoms with Gasteiger partial charge in [-0.05, 0) is 13.3 Å². The average Bonchev–Trinajstić information content (AvgIpc) is 2.75. The van der Waals surface area contributed by atoms with E-state index in [2.05, 4.69) is 5.32 Å². The topological polar surface area (TPSA) is 88.1 Å². The highest BCUT2D eigenvalue weighted by atomic mass is 16.5. The van der Waals surface area contributed by atoms with Crippen LogP contribution < -0.4 is 5.32 Å². The van der Waals surface area contributed by atoms with E-state index in [0.717, 1.165) is 6.42 Å². The van der Waals surface area contributed by atoms with Gasteiger partial charge in [0.2, 0.25) is 0 Å². The molecule has 0 aromatic rings. The molecule has 0 aliphatic carbocycles. The lowest BCUT2D eigenvalue weighted by molar-refractivity contribution is -0.141. The molecule has 2 aliphatic heterocycles. The Morgan fingerprint density at radius 2 is 2.26 bits per heavy atom. The molecular formula is C12H20N2O5. The molecule has 2 fully saturated rings. The van der Waals surface area contributed by atoms with Gasteiger partial charge in [0.1, 0.15) is 0 Å². The Bertz CT molecular complexity index is 354. The van der Waals surface area contributed by atoms with Crippen molar-refractivity contribution in [2.45, 2.75) is 31.4 Å². The first-order chi connectivity index (χ1) is 8.98. The monoisotopic (exact) mass is 272 g/mol. The van der Waals surface area contributed by atoms with Gasteiger partial charge in [-0.3, -0.25) is 4.79 Å². The van der Waals surface area contributed by atoms with Crippen LogP contribution in [0.3, 0.4) is 0 Å². The molecule has 2 aliphatic rings. The van der Waals surface area contributed by atoms with E-state index in [9.17, 15) is 9.59 Å². The van der Waals surface area contributed by atoms with Gasteiger partial charge in [-0.25, -0.2) is 4.79 Å². The van der Waals surface area contributed by atoms with E-state index >= 15 is 0 Å². The Kier molecular flexibility index (Phi) is 4.26. The first-order valence-electron chi connectivity index (χ1n) is 6.47. The summed E-state index contributed by atoms with van der Waals surface area (Å²) in [7, 11) is 0. The molecule has 0 aromatic heterocycles. The first-order valence-corrected chi connectivity index (χ1v) is 6.47. The van der Waals surface area contributed by atoms with Crippen LogP contribution in [0.5, 0.6) is 0 Å². The van der Waals surface area contributed by atoms with Gasteiger partial charge in [0.05, 0.1) is 31.3 Å². The second-order valence-electron chi connectivity index (χ2n) is 5.33. The average molecular weight is 272 g/mol.